The highest BCUT2D eigenvalue weighted by atomic mass is 32.2. The second-order valence-corrected chi connectivity index (χ2v) is 5.98. The first-order valence-corrected chi connectivity index (χ1v) is 8.69. The molecule has 1 aromatic rings. The van der Waals surface area contributed by atoms with Gasteiger partial charge in [0, 0.05) is 12.1 Å². The lowest BCUT2D eigenvalue weighted by Crippen LogP contribution is -2.18. The number of benzene rings is 1. The van der Waals surface area contributed by atoms with E-state index in [4.69, 9.17) is 15.2 Å². The van der Waals surface area contributed by atoms with Gasteiger partial charge in [0.15, 0.2) is 0 Å². The minimum atomic E-state index is 0.131. The summed E-state index contributed by atoms with van der Waals surface area (Å²) in [5.74, 6) is 2.91. The summed E-state index contributed by atoms with van der Waals surface area (Å²) in [7, 11) is 0. The molecular weight excluding hydrogens is 270 g/mol. The Morgan fingerprint density at radius 3 is 2.70 bits per heavy atom. The zero-order valence-corrected chi connectivity index (χ0v) is 13.7. The molecule has 0 aliphatic heterocycles. The average molecular weight is 297 g/mol. The zero-order valence-electron chi connectivity index (χ0n) is 12.9. The Bertz CT molecular complexity index is 383. The molecule has 1 atom stereocenters. The summed E-state index contributed by atoms with van der Waals surface area (Å²) in [6.07, 6.45) is 5.00. The maximum Gasteiger partial charge on any atom is 0.126 e. The minimum absolute atomic E-state index is 0.131. The van der Waals surface area contributed by atoms with Crippen molar-refractivity contribution in [1.82, 2.24) is 0 Å². The molecule has 1 unspecified atom stereocenters. The third-order valence-corrected chi connectivity index (χ3v) is 3.50. The van der Waals surface area contributed by atoms with Gasteiger partial charge in [0.25, 0.3) is 0 Å². The summed E-state index contributed by atoms with van der Waals surface area (Å²) in [6, 6.07) is 6.19. The van der Waals surface area contributed by atoms with E-state index in [1.54, 1.807) is 0 Å². The van der Waals surface area contributed by atoms with E-state index in [2.05, 4.69) is 19.2 Å². The molecule has 0 saturated carbocycles. The Morgan fingerprint density at radius 2 is 2.05 bits per heavy atom. The highest BCUT2D eigenvalue weighted by Crippen LogP contribution is 2.26. The Labute approximate surface area is 127 Å². The lowest BCUT2D eigenvalue weighted by atomic mass is 10.1. The van der Waals surface area contributed by atoms with E-state index < -0.39 is 0 Å². The summed E-state index contributed by atoms with van der Waals surface area (Å²) < 4.78 is 11.6. The second-order valence-electron chi connectivity index (χ2n) is 4.99. The third-order valence-electron chi connectivity index (χ3n) is 2.80. The molecule has 0 aromatic heterocycles. The van der Waals surface area contributed by atoms with Crippen LogP contribution in [0.4, 0.5) is 0 Å². The van der Waals surface area contributed by atoms with E-state index in [0.717, 1.165) is 55.3 Å². The molecule has 0 radical (unpaired) electrons. The summed E-state index contributed by atoms with van der Waals surface area (Å²) in [4.78, 5) is 0. The fraction of sp³-hybridized carbons (Fsp3) is 0.625. The van der Waals surface area contributed by atoms with Crippen LogP contribution in [0.1, 0.15) is 32.3 Å². The van der Waals surface area contributed by atoms with E-state index in [1.165, 1.54) is 0 Å². The Kier molecular flexibility index (Phi) is 8.54. The SMILES string of the molecule is CCCOc1ccc(CC(C)N)c(OCCCSC)c1. The van der Waals surface area contributed by atoms with Crippen LogP contribution in [0.3, 0.4) is 0 Å². The first kappa shape index (κ1) is 17.2. The fourth-order valence-electron chi connectivity index (χ4n) is 1.88. The standard InChI is InChI=1S/C16H27NO2S/c1-4-8-18-15-7-6-14(11-13(2)17)16(12-15)19-9-5-10-20-3/h6-7,12-13H,4-5,8-11,17H2,1-3H3. The fourth-order valence-corrected chi connectivity index (χ4v) is 2.29. The molecule has 0 heterocycles. The molecule has 1 aromatic carbocycles. The van der Waals surface area contributed by atoms with E-state index in [-0.39, 0.29) is 6.04 Å². The van der Waals surface area contributed by atoms with Gasteiger partial charge in [-0.3, -0.25) is 0 Å². The first-order valence-electron chi connectivity index (χ1n) is 7.30. The van der Waals surface area contributed by atoms with Crippen LogP contribution in [0.25, 0.3) is 0 Å². The molecule has 3 nitrogen and oxygen atoms in total. The topological polar surface area (TPSA) is 44.5 Å². The van der Waals surface area contributed by atoms with Crippen molar-refractivity contribution in [2.24, 2.45) is 5.73 Å². The molecule has 0 fully saturated rings. The lowest BCUT2D eigenvalue weighted by Gasteiger charge is -2.15. The van der Waals surface area contributed by atoms with Crippen LogP contribution in [0.5, 0.6) is 11.5 Å². The molecule has 4 heteroatoms. The lowest BCUT2D eigenvalue weighted by molar-refractivity contribution is 0.300. The van der Waals surface area contributed by atoms with Crippen molar-refractivity contribution in [3.05, 3.63) is 23.8 Å². The van der Waals surface area contributed by atoms with Crippen LogP contribution >= 0.6 is 11.8 Å². The predicted molar refractivity (Wildman–Crippen MR) is 88.1 cm³/mol. The van der Waals surface area contributed by atoms with Gasteiger partial charge in [-0.15, -0.1) is 0 Å². The summed E-state index contributed by atoms with van der Waals surface area (Å²) >= 11 is 1.84. The molecule has 1 rings (SSSR count). The van der Waals surface area contributed by atoms with Crippen molar-refractivity contribution in [1.29, 1.82) is 0 Å². The molecule has 0 aliphatic carbocycles. The first-order chi connectivity index (χ1) is 9.67. The molecule has 0 saturated heterocycles. The van der Waals surface area contributed by atoms with Crippen LogP contribution in [0.2, 0.25) is 0 Å². The summed E-state index contributed by atoms with van der Waals surface area (Å²) in [5.41, 5.74) is 7.06. The van der Waals surface area contributed by atoms with Crippen LogP contribution in [-0.4, -0.2) is 31.3 Å². The summed E-state index contributed by atoms with van der Waals surface area (Å²) in [5, 5.41) is 0. The van der Waals surface area contributed by atoms with Gasteiger partial charge in [-0.1, -0.05) is 13.0 Å². The van der Waals surface area contributed by atoms with Gasteiger partial charge in [-0.25, -0.2) is 0 Å². The zero-order chi connectivity index (χ0) is 14.8. The number of nitrogens with two attached hydrogens (primary N) is 1. The largest absolute Gasteiger partial charge is 0.493 e. The maximum atomic E-state index is 5.91. The number of hydrogen-bond donors (Lipinski definition) is 1. The van der Waals surface area contributed by atoms with Gasteiger partial charge in [-0.2, -0.15) is 11.8 Å². The monoisotopic (exact) mass is 297 g/mol. The number of ether oxygens (including phenoxy) is 2. The van der Waals surface area contributed by atoms with Crippen LogP contribution in [0, 0.1) is 0 Å². The van der Waals surface area contributed by atoms with Gasteiger partial charge in [0.2, 0.25) is 0 Å². The average Bonchev–Trinajstić information content (AvgIpc) is 2.43. The van der Waals surface area contributed by atoms with Crippen molar-refractivity contribution in [3.8, 4) is 11.5 Å². The van der Waals surface area contributed by atoms with Crippen molar-refractivity contribution in [2.45, 2.75) is 39.2 Å². The Morgan fingerprint density at radius 1 is 1.25 bits per heavy atom. The highest BCUT2D eigenvalue weighted by molar-refractivity contribution is 7.98. The van der Waals surface area contributed by atoms with Crippen molar-refractivity contribution in [2.75, 3.05) is 25.2 Å². The molecule has 20 heavy (non-hydrogen) atoms. The number of rotatable bonds is 10. The molecule has 0 aliphatic rings. The normalized spacial score (nSPS) is 12.2. The molecule has 2 N–H and O–H groups in total. The smallest absolute Gasteiger partial charge is 0.126 e. The predicted octanol–water partition coefficient (Wildman–Crippen LogP) is 3.50. The Hall–Kier alpha value is -0.870. The Balaban J connectivity index is 2.71. The van der Waals surface area contributed by atoms with E-state index in [1.807, 2.05) is 30.8 Å². The highest BCUT2D eigenvalue weighted by Gasteiger charge is 2.08. The minimum Gasteiger partial charge on any atom is -0.493 e. The van der Waals surface area contributed by atoms with Gasteiger partial charge in [-0.05, 0) is 49.8 Å². The van der Waals surface area contributed by atoms with Crippen LogP contribution < -0.4 is 15.2 Å². The van der Waals surface area contributed by atoms with Gasteiger partial charge in [0.05, 0.1) is 13.2 Å². The molecule has 0 amide bonds. The van der Waals surface area contributed by atoms with Crippen molar-refractivity contribution >= 4 is 11.8 Å². The van der Waals surface area contributed by atoms with Gasteiger partial charge >= 0.3 is 0 Å². The maximum absolute atomic E-state index is 5.91. The second kappa shape index (κ2) is 9.94. The molecule has 0 spiro atoms. The quantitative estimate of drug-likeness (QED) is 0.671. The summed E-state index contributed by atoms with van der Waals surface area (Å²) in [6.45, 7) is 5.59. The van der Waals surface area contributed by atoms with Crippen LogP contribution in [0.15, 0.2) is 18.2 Å². The van der Waals surface area contributed by atoms with Gasteiger partial charge in [0.1, 0.15) is 11.5 Å². The third kappa shape index (κ3) is 6.53. The van der Waals surface area contributed by atoms with E-state index in [9.17, 15) is 0 Å². The molecular formula is C16H27NO2S. The number of thioether (sulfide) groups is 1. The van der Waals surface area contributed by atoms with Crippen molar-refractivity contribution in [3.63, 3.8) is 0 Å². The van der Waals surface area contributed by atoms with Gasteiger partial charge < -0.3 is 15.2 Å². The van der Waals surface area contributed by atoms with E-state index >= 15 is 0 Å². The van der Waals surface area contributed by atoms with Crippen LogP contribution in [-0.2, 0) is 6.42 Å². The van der Waals surface area contributed by atoms with E-state index in [0.29, 0.717) is 0 Å². The van der Waals surface area contributed by atoms with Crippen molar-refractivity contribution < 1.29 is 9.47 Å². The molecule has 0 bridgehead atoms. The number of hydrogen-bond acceptors (Lipinski definition) is 4. The molecule has 114 valence electrons.